The van der Waals surface area contributed by atoms with E-state index in [1.165, 1.54) is 16.0 Å². The van der Waals surface area contributed by atoms with Crippen molar-refractivity contribution < 1.29 is 0 Å². The van der Waals surface area contributed by atoms with Crippen molar-refractivity contribution >= 4 is 46.8 Å². The molecule has 2 nitrogen and oxygen atoms in total. The molecule has 0 saturated carbocycles. The standard InChI is InChI=1S/C20H19ClN2Si/c1-24(2,3)18-16(13-9-5-4-6-10-13)19(21)23-20-17(18)14-11-7-8-12-15(14)22-20/h4-12H,1-3H3,(H,22,23). The van der Waals surface area contributed by atoms with Crippen LogP contribution in [0.4, 0.5) is 0 Å². The van der Waals surface area contributed by atoms with E-state index < -0.39 is 8.07 Å². The molecule has 0 saturated heterocycles. The summed E-state index contributed by atoms with van der Waals surface area (Å²) in [4.78, 5) is 8.13. The molecule has 0 atom stereocenters. The van der Waals surface area contributed by atoms with Crippen LogP contribution in [-0.2, 0) is 0 Å². The lowest BCUT2D eigenvalue weighted by Gasteiger charge is -2.23. The Labute approximate surface area is 147 Å². The molecule has 0 bridgehead atoms. The second-order valence-electron chi connectivity index (χ2n) is 7.16. The number of hydrogen-bond donors (Lipinski definition) is 1. The van der Waals surface area contributed by atoms with Crippen LogP contribution in [0, 0.1) is 0 Å². The third-order valence-electron chi connectivity index (χ3n) is 4.41. The summed E-state index contributed by atoms with van der Waals surface area (Å²) in [5.74, 6) is 0. The van der Waals surface area contributed by atoms with Gasteiger partial charge in [-0.2, -0.15) is 0 Å². The Morgan fingerprint density at radius 3 is 2.29 bits per heavy atom. The van der Waals surface area contributed by atoms with E-state index in [9.17, 15) is 0 Å². The summed E-state index contributed by atoms with van der Waals surface area (Å²) in [6, 6.07) is 18.8. The average molecular weight is 351 g/mol. The van der Waals surface area contributed by atoms with Crippen molar-refractivity contribution in [1.82, 2.24) is 9.97 Å². The molecule has 2 aromatic carbocycles. The fourth-order valence-corrected chi connectivity index (χ4v) is 5.85. The lowest BCUT2D eigenvalue weighted by atomic mass is 10.1. The van der Waals surface area contributed by atoms with Gasteiger partial charge in [0, 0.05) is 21.9 Å². The summed E-state index contributed by atoms with van der Waals surface area (Å²) < 4.78 is 0. The van der Waals surface area contributed by atoms with Crippen molar-refractivity contribution in [3.63, 3.8) is 0 Å². The lowest BCUT2D eigenvalue weighted by Crippen LogP contribution is -2.40. The van der Waals surface area contributed by atoms with Gasteiger partial charge >= 0.3 is 0 Å². The number of benzene rings is 2. The topological polar surface area (TPSA) is 28.7 Å². The van der Waals surface area contributed by atoms with Gasteiger partial charge < -0.3 is 4.98 Å². The first-order valence-electron chi connectivity index (χ1n) is 8.12. The number of hydrogen-bond acceptors (Lipinski definition) is 1. The summed E-state index contributed by atoms with van der Waals surface area (Å²) in [7, 11) is -1.68. The maximum Gasteiger partial charge on any atom is 0.140 e. The number of rotatable bonds is 2. The third-order valence-corrected chi connectivity index (χ3v) is 6.69. The van der Waals surface area contributed by atoms with Crippen LogP contribution in [0.25, 0.3) is 33.1 Å². The van der Waals surface area contributed by atoms with Gasteiger partial charge in [0.2, 0.25) is 0 Å². The minimum Gasteiger partial charge on any atom is -0.339 e. The van der Waals surface area contributed by atoms with Gasteiger partial charge in [-0.1, -0.05) is 79.8 Å². The van der Waals surface area contributed by atoms with Crippen LogP contribution in [-0.4, -0.2) is 18.0 Å². The minimum atomic E-state index is -1.68. The van der Waals surface area contributed by atoms with Crippen LogP contribution in [0.3, 0.4) is 0 Å². The quantitative estimate of drug-likeness (QED) is 0.371. The highest BCUT2D eigenvalue weighted by Gasteiger charge is 2.28. The summed E-state index contributed by atoms with van der Waals surface area (Å²) in [5, 5.41) is 4.41. The molecule has 120 valence electrons. The molecule has 24 heavy (non-hydrogen) atoms. The van der Waals surface area contributed by atoms with Crippen LogP contribution in [0.2, 0.25) is 24.8 Å². The number of H-pyrrole nitrogens is 1. The summed E-state index contributed by atoms with van der Waals surface area (Å²) >= 11 is 6.67. The first kappa shape index (κ1) is 15.4. The van der Waals surface area contributed by atoms with Gasteiger partial charge in [-0.25, -0.2) is 4.98 Å². The monoisotopic (exact) mass is 350 g/mol. The molecule has 0 aliphatic carbocycles. The maximum absolute atomic E-state index is 6.67. The first-order chi connectivity index (χ1) is 11.5. The molecule has 1 N–H and O–H groups in total. The molecule has 0 unspecified atom stereocenters. The number of aromatic nitrogens is 2. The number of pyridine rings is 1. The van der Waals surface area contributed by atoms with Gasteiger partial charge in [0.1, 0.15) is 10.8 Å². The molecular formula is C20H19ClN2Si. The van der Waals surface area contributed by atoms with Crippen molar-refractivity contribution in [2.24, 2.45) is 0 Å². The Bertz CT molecular complexity index is 1050. The van der Waals surface area contributed by atoms with Crippen LogP contribution in [0.15, 0.2) is 54.6 Å². The highest BCUT2D eigenvalue weighted by molar-refractivity contribution is 6.92. The summed E-state index contributed by atoms with van der Waals surface area (Å²) in [6.07, 6.45) is 0. The zero-order valence-corrected chi connectivity index (χ0v) is 15.8. The second-order valence-corrected chi connectivity index (χ2v) is 12.5. The van der Waals surface area contributed by atoms with E-state index in [1.54, 1.807) is 0 Å². The van der Waals surface area contributed by atoms with Crippen molar-refractivity contribution in [2.45, 2.75) is 19.6 Å². The van der Waals surface area contributed by atoms with Gasteiger partial charge in [0.15, 0.2) is 0 Å². The third kappa shape index (κ3) is 2.36. The molecule has 4 rings (SSSR count). The van der Waals surface area contributed by atoms with Crippen LogP contribution in [0.1, 0.15) is 0 Å². The molecule has 4 heteroatoms. The smallest absolute Gasteiger partial charge is 0.140 e. The largest absolute Gasteiger partial charge is 0.339 e. The highest BCUT2D eigenvalue weighted by Crippen LogP contribution is 2.33. The van der Waals surface area contributed by atoms with Crippen LogP contribution < -0.4 is 5.19 Å². The zero-order chi connectivity index (χ0) is 16.9. The van der Waals surface area contributed by atoms with Crippen molar-refractivity contribution in [3.05, 3.63) is 59.8 Å². The Morgan fingerprint density at radius 2 is 1.58 bits per heavy atom. The number of para-hydroxylation sites is 1. The molecule has 0 fully saturated rings. The van der Waals surface area contributed by atoms with Crippen LogP contribution in [0.5, 0.6) is 0 Å². The minimum absolute atomic E-state index is 0.581. The van der Waals surface area contributed by atoms with E-state index >= 15 is 0 Å². The molecule has 0 radical (unpaired) electrons. The van der Waals surface area contributed by atoms with Crippen molar-refractivity contribution in [1.29, 1.82) is 0 Å². The molecule has 0 aliphatic rings. The van der Waals surface area contributed by atoms with E-state index in [0.29, 0.717) is 5.15 Å². The molecule has 4 aromatic rings. The second kappa shape index (κ2) is 5.47. The highest BCUT2D eigenvalue weighted by atomic mass is 35.5. The molecule has 0 amide bonds. The Kier molecular flexibility index (Phi) is 3.51. The van der Waals surface area contributed by atoms with Crippen molar-refractivity contribution in [3.8, 4) is 11.1 Å². The van der Waals surface area contributed by atoms with Gasteiger partial charge in [-0.15, -0.1) is 0 Å². The number of nitrogens with zero attached hydrogens (tertiary/aromatic N) is 1. The fourth-order valence-electron chi connectivity index (χ4n) is 3.47. The average Bonchev–Trinajstić information content (AvgIpc) is 2.91. The SMILES string of the molecule is C[Si](C)(C)c1c(-c2ccccc2)c(Cl)nc2[nH]c3ccccc3c12. The maximum atomic E-state index is 6.67. The Morgan fingerprint density at radius 1 is 0.917 bits per heavy atom. The fraction of sp³-hybridized carbons (Fsp3) is 0.150. The number of aromatic amines is 1. The summed E-state index contributed by atoms with van der Waals surface area (Å²) in [5.41, 5.74) is 4.23. The Balaban J connectivity index is 2.24. The molecule has 2 aromatic heterocycles. The molecule has 2 heterocycles. The van der Waals surface area contributed by atoms with Gasteiger partial charge in [-0.05, 0) is 16.8 Å². The Hall–Kier alpha value is -2.10. The molecule has 0 aliphatic heterocycles. The number of halogens is 1. The molecular weight excluding hydrogens is 332 g/mol. The van der Waals surface area contributed by atoms with Crippen molar-refractivity contribution in [2.75, 3.05) is 0 Å². The van der Waals surface area contributed by atoms with Gasteiger partial charge in [-0.3, -0.25) is 0 Å². The van der Waals surface area contributed by atoms with E-state index in [4.69, 9.17) is 16.6 Å². The summed E-state index contributed by atoms with van der Waals surface area (Å²) in [6.45, 7) is 7.10. The van der Waals surface area contributed by atoms with E-state index in [2.05, 4.69) is 67.1 Å². The van der Waals surface area contributed by atoms with Crippen LogP contribution >= 0.6 is 11.6 Å². The number of fused-ring (bicyclic) bond motifs is 3. The van der Waals surface area contributed by atoms with Gasteiger partial charge in [0.05, 0.1) is 8.07 Å². The predicted molar refractivity (Wildman–Crippen MR) is 107 cm³/mol. The zero-order valence-electron chi connectivity index (χ0n) is 14.0. The first-order valence-corrected chi connectivity index (χ1v) is 12.0. The molecule has 0 spiro atoms. The van der Waals surface area contributed by atoms with Gasteiger partial charge in [0.25, 0.3) is 0 Å². The normalized spacial score (nSPS) is 12.2. The number of nitrogens with one attached hydrogen (secondary N) is 1. The lowest BCUT2D eigenvalue weighted by molar-refractivity contribution is 1.35. The van der Waals surface area contributed by atoms with E-state index in [1.807, 2.05) is 12.1 Å². The van der Waals surface area contributed by atoms with E-state index in [0.717, 1.165) is 22.3 Å². The van der Waals surface area contributed by atoms with E-state index in [-0.39, 0.29) is 0 Å². The predicted octanol–water partition coefficient (Wildman–Crippen LogP) is 5.58.